The maximum absolute atomic E-state index is 12.2. The van der Waals surface area contributed by atoms with E-state index in [-0.39, 0.29) is 28.8 Å². The minimum Gasteiger partial charge on any atom is -0.481 e. The summed E-state index contributed by atoms with van der Waals surface area (Å²) in [7, 11) is 0. The molecule has 2 bridgehead atoms. The lowest BCUT2D eigenvalue weighted by Crippen LogP contribution is -2.59. The molecule has 7 atom stereocenters. The molecule has 1 spiro atoms. The van der Waals surface area contributed by atoms with Gasteiger partial charge in [-0.2, -0.15) is 0 Å². The van der Waals surface area contributed by atoms with Gasteiger partial charge in [0.2, 0.25) is 0 Å². The molecule has 3 fully saturated rings. The van der Waals surface area contributed by atoms with Gasteiger partial charge in [0, 0.05) is 12.8 Å². The minimum atomic E-state index is -0.632. The summed E-state index contributed by atoms with van der Waals surface area (Å²) in [4.78, 5) is 23.9. The summed E-state index contributed by atoms with van der Waals surface area (Å²) in [6.07, 6.45) is 9.36. The molecule has 26 heavy (non-hydrogen) atoms. The average Bonchev–Trinajstić information content (AvgIpc) is 2.81. The van der Waals surface area contributed by atoms with Gasteiger partial charge in [-0.3, -0.25) is 9.59 Å². The Bertz CT molecular complexity index is 682. The molecular formula is C22H32O4. The molecule has 0 saturated heterocycles. The Morgan fingerprint density at radius 3 is 2.58 bits per heavy atom. The van der Waals surface area contributed by atoms with Gasteiger partial charge in [-0.1, -0.05) is 25.0 Å². The van der Waals surface area contributed by atoms with Crippen molar-refractivity contribution < 1.29 is 19.4 Å². The molecule has 0 aromatic carbocycles. The predicted octanol–water partition coefficient (Wildman–Crippen LogP) is 4.58. The zero-order valence-electron chi connectivity index (χ0n) is 16.5. The number of carboxylic acids is 1. The first kappa shape index (κ1) is 18.1. The van der Waals surface area contributed by atoms with Crippen LogP contribution in [-0.2, 0) is 14.3 Å². The zero-order chi connectivity index (χ0) is 18.9. The molecule has 3 saturated carbocycles. The van der Waals surface area contributed by atoms with Crippen molar-refractivity contribution in [3.8, 4) is 0 Å². The number of hydrogen-bond acceptors (Lipinski definition) is 3. The van der Waals surface area contributed by atoms with E-state index in [4.69, 9.17) is 4.74 Å². The van der Waals surface area contributed by atoms with E-state index in [1.165, 1.54) is 12.5 Å². The van der Waals surface area contributed by atoms with E-state index in [0.29, 0.717) is 11.8 Å². The summed E-state index contributed by atoms with van der Waals surface area (Å²) in [5, 5.41) is 10.0. The molecule has 4 aliphatic rings. The summed E-state index contributed by atoms with van der Waals surface area (Å²) < 4.78 is 5.77. The molecule has 4 nitrogen and oxygen atoms in total. The highest BCUT2D eigenvalue weighted by atomic mass is 16.5. The van der Waals surface area contributed by atoms with E-state index in [0.717, 1.165) is 44.9 Å². The fourth-order valence-electron chi connectivity index (χ4n) is 7.75. The minimum absolute atomic E-state index is 0.00806. The fraction of sp³-hybridized carbons (Fsp3) is 0.818. The number of rotatable bonds is 2. The van der Waals surface area contributed by atoms with Crippen LogP contribution in [0, 0.1) is 34.0 Å². The Labute approximate surface area is 156 Å². The Morgan fingerprint density at radius 1 is 1.19 bits per heavy atom. The third kappa shape index (κ3) is 2.26. The van der Waals surface area contributed by atoms with E-state index in [9.17, 15) is 14.7 Å². The molecular weight excluding hydrogens is 328 g/mol. The van der Waals surface area contributed by atoms with Crippen molar-refractivity contribution >= 4 is 11.9 Å². The van der Waals surface area contributed by atoms with Gasteiger partial charge < -0.3 is 9.84 Å². The van der Waals surface area contributed by atoms with Gasteiger partial charge in [0.15, 0.2) is 0 Å². The van der Waals surface area contributed by atoms with Crippen LogP contribution in [0.15, 0.2) is 11.6 Å². The van der Waals surface area contributed by atoms with Crippen molar-refractivity contribution in [2.75, 3.05) is 0 Å². The lowest BCUT2D eigenvalue weighted by Gasteiger charge is -2.63. The van der Waals surface area contributed by atoms with Crippen LogP contribution in [0.25, 0.3) is 0 Å². The molecule has 4 rings (SSSR count). The van der Waals surface area contributed by atoms with Gasteiger partial charge in [-0.15, -0.1) is 0 Å². The predicted molar refractivity (Wildman–Crippen MR) is 98.4 cm³/mol. The molecule has 144 valence electrons. The van der Waals surface area contributed by atoms with Gasteiger partial charge in [-0.25, -0.2) is 0 Å². The van der Waals surface area contributed by atoms with Crippen molar-refractivity contribution in [1.29, 1.82) is 0 Å². The first-order valence-corrected chi connectivity index (χ1v) is 10.2. The molecule has 4 heteroatoms. The number of aliphatic carboxylic acids is 1. The normalized spacial score (nSPS) is 49.6. The Hall–Kier alpha value is -1.32. The number of carboxylic acid groups (broad SMARTS) is 1. The van der Waals surface area contributed by atoms with Gasteiger partial charge in [0.05, 0.1) is 5.41 Å². The lowest BCUT2D eigenvalue weighted by atomic mass is 9.41. The largest absolute Gasteiger partial charge is 0.481 e. The second-order valence-electron chi connectivity index (χ2n) is 10.0. The topological polar surface area (TPSA) is 63.6 Å². The molecule has 0 aliphatic heterocycles. The van der Waals surface area contributed by atoms with Crippen molar-refractivity contribution in [1.82, 2.24) is 0 Å². The van der Waals surface area contributed by atoms with Crippen LogP contribution in [0.4, 0.5) is 0 Å². The summed E-state index contributed by atoms with van der Waals surface area (Å²) >= 11 is 0. The number of ether oxygens (including phenoxy) is 1. The van der Waals surface area contributed by atoms with Crippen LogP contribution in [0.2, 0.25) is 0 Å². The SMILES string of the molecule is CC(=O)O[C@H]1C[C@@H]2[C@@]3(C=C(C)[C@H]1C3)CC[C@H]1[C@@]2(C)CCC[C@@]1(C)C(=O)O. The molecule has 1 N–H and O–H groups in total. The average molecular weight is 360 g/mol. The van der Waals surface area contributed by atoms with E-state index in [1.54, 1.807) is 0 Å². The lowest BCUT2D eigenvalue weighted by molar-refractivity contribution is -0.187. The van der Waals surface area contributed by atoms with Gasteiger partial charge >= 0.3 is 11.9 Å². The molecule has 0 radical (unpaired) electrons. The Balaban J connectivity index is 1.75. The van der Waals surface area contributed by atoms with Crippen LogP contribution in [0.1, 0.15) is 72.6 Å². The van der Waals surface area contributed by atoms with Crippen LogP contribution >= 0.6 is 0 Å². The molecule has 0 unspecified atom stereocenters. The van der Waals surface area contributed by atoms with Gasteiger partial charge in [0.1, 0.15) is 6.10 Å². The van der Waals surface area contributed by atoms with Gasteiger partial charge in [-0.05, 0) is 75.0 Å². The third-order valence-electron chi connectivity index (χ3n) is 8.79. The second kappa shape index (κ2) is 5.59. The maximum Gasteiger partial charge on any atom is 0.309 e. The summed E-state index contributed by atoms with van der Waals surface area (Å²) in [6.45, 7) is 8.01. The van der Waals surface area contributed by atoms with Crippen LogP contribution in [-0.4, -0.2) is 23.1 Å². The number of hydrogen-bond donors (Lipinski definition) is 1. The molecule has 0 heterocycles. The monoisotopic (exact) mass is 360 g/mol. The molecule has 0 aromatic rings. The smallest absolute Gasteiger partial charge is 0.309 e. The van der Waals surface area contributed by atoms with E-state index < -0.39 is 11.4 Å². The van der Waals surface area contributed by atoms with Crippen molar-refractivity contribution in [3.05, 3.63) is 11.6 Å². The standard InChI is InChI=1S/C22H32O4/c1-13-11-22-9-6-17-20(3,7-5-8-21(17,4)19(24)25)18(22)10-16(15(13)12-22)26-14(2)23/h11,15-18H,5-10,12H2,1-4H3,(H,24,25)/t15-,16+,17+,18+,20-,21-,22-/m1/s1. The molecule has 4 aliphatic carbocycles. The fourth-order valence-corrected chi connectivity index (χ4v) is 7.75. The number of carbonyl (C=O) groups is 2. The zero-order valence-corrected chi connectivity index (χ0v) is 16.5. The van der Waals surface area contributed by atoms with Gasteiger partial charge in [0.25, 0.3) is 0 Å². The quantitative estimate of drug-likeness (QED) is 0.578. The summed E-state index contributed by atoms with van der Waals surface area (Å²) in [5.74, 6) is 0.141. The number of allylic oxidation sites excluding steroid dienone is 1. The number of esters is 1. The summed E-state index contributed by atoms with van der Waals surface area (Å²) in [6, 6.07) is 0. The highest BCUT2D eigenvalue weighted by molar-refractivity contribution is 5.75. The number of carbonyl (C=O) groups excluding carboxylic acids is 1. The van der Waals surface area contributed by atoms with Crippen molar-refractivity contribution in [3.63, 3.8) is 0 Å². The van der Waals surface area contributed by atoms with Crippen LogP contribution in [0.5, 0.6) is 0 Å². The van der Waals surface area contributed by atoms with E-state index in [2.05, 4.69) is 19.9 Å². The first-order valence-electron chi connectivity index (χ1n) is 10.2. The van der Waals surface area contributed by atoms with E-state index >= 15 is 0 Å². The highest BCUT2D eigenvalue weighted by Crippen LogP contribution is 2.70. The molecule has 0 amide bonds. The maximum atomic E-state index is 12.2. The van der Waals surface area contributed by atoms with Crippen molar-refractivity contribution in [2.45, 2.75) is 78.7 Å². The molecule has 0 aromatic heterocycles. The second-order valence-corrected chi connectivity index (χ2v) is 10.0. The van der Waals surface area contributed by atoms with Crippen LogP contribution in [0.3, 0.4) is 0 Å². The first-order chi connectivity index (χ1) is 12.1. The third-order valence-corrected chi connectivity index (χ3v) is 8.79. The van der Waals surface area contributed by atoms with Crippen molar-refractivity contribution in [2.24, 2.45) is 34.0 Å². The summed E-state index contributed by atoms with van der Waals surface area (Å²) in [5.41, 5.74) is 0.944. The van der Waals surface area contributed by atoms with E-state index in [1.807, 2.05) is 6.92 Å². The number of fused-ring (bicyclic) bond motifs is 3. The van der Waals surface area contributed by atoms with Crippen LogP contribution < -0.4 is 0 Å². The highest BCUT2D eigenvalue weighted by Gasteiger charge is 2.65. The Morgan fingerprint density at radius 2 is 1.92 bits per heavy atom. The Kier molecular flexibility index (Phi) is 3.88.